The van der Waals surface area contributed by atoms with Crippen LogP contribution in [0, 0.1) is 0 Å². The average molecular weight is 262 g/mol. The minimum atomic E-state index is -0.262. The second kappa shape index (κ2) is 4.03. The lowest BCUT2D eigenvalue weighted by molar-refractivity contribution is 0.979. The van der Waals surface area contributed by atoms with Crippen LogP contribution in [0.3, 0.4) is 0 Å². The van der Waals surface area contributed by atoms with Crippen molar-refractivity contribution in [1.82, 2.24) is 20.2 Å². The minimum absolute atomic E-state index is 0.262. The zero-order chi connectivity index (χ0) is 13.5. The summed E-state index contributed by atoms with van der Waals surface area (Å²) in [6.45, 7) is 0. The van der Waals surface area contributed by atoms with Crippen molar-refractivity contribution in [3.63, 3.8) is 0 Å². The molecule has 2 heterocycles. The van der Waals surface area contributed by atoms with Crippen LogP contribution >= 0.6 is 0 Å². The third-order valence-electron chi connectivity index (χ3n) is 3.30. The SMILES string of the molecule is O=c1[nH][nH]cc2nc(-c3ccc4ccccc4c3)nc1-2. The zero-order valence-corrected chi connectivity index (χ0v) is 10.4. The summed E-state index contributed by atoms with van der Waals surface area (Å²) in [6, 6.07) is 14.1. The summed E-state index contributed by atoms with van der Waals surface area (Å²) < 4.78 is 0. The highest BCUT2D eigenvalue weighted by molar-refractivity contribution is 5.86. The van der Waals surface area contributed by atoms with Gasteiger partial charge in [-0.3, -0.25) is 9.89 Å². The van der Waals surface area contributed by atoms with Crippen molar-refractivity contribution in [2.24, 2.45) is 0 Å². The maximum Gasteiger partial charge on any atom is 0.290 e. The molecular formula is C15H10N4O. The lowest BCUT2D eigenvalue weighted by Gasteiger charge is -1.99. The molecule has 2 aromatic rings. The van der Waals surface area contributed by atoms with Gasteiger partial charge >= 0.3 is 0 Å². The Hall–Kier alpha value is -2.95. The number of hydrogen-bond acceptors (Lipinski definition) is 3. The molecule has 0 radical (unpaired) electrons. The van der Waals surface area contributed by atoms with Crippen molar-refractivity contribution in [3.05, 3.63) is 59.0 Å². The standard InChI is InChI=1S/C15H10N4O/c20-15-13-12(8-16-19-15)17-14(18-13)11-6-5-9-3-1-2-4-10(9)7-11/h1-8,16H,(H,19,20). The van der Waals surface area contributed by atoms with Crippen LogP contribution in [0.25, 0.3) is 33.5 Å². The molecule has 2 aliphatic rings. The highest BCUT2D eigenvalue weighted by Gasteiger charge is 2.15. The van der Waals surface area contributed by atoms with E-state index in [1.54, 1.807) is 6.20 Å². The van der Waals surface area contributed by atoms with Gasteiger partial charge in [0.05, 0.1) is 0 Å². The minimum Gasteiger partial charge on any atom is -0.303 e. The Kier molecular flexibility index (Phi) is 2.20. The molecule has 0 aromatic heterocycles. The molecule has 0 atom stereocenters. The highest BCUT2D eigenvalue weighted by atomic mass is 16.1. The summed E-state index contributed by atoms with van der Waals surface area (Å²) in [6.07, 6.45) is 1.63. The second-order valence-electron chi connectivity index (χ2n) is 4.59. The number of fused-ring (bicyclic) bond motifs is 2. The fraction of sp³-hybridized carbons (Fsp3) is 0. The predicted molar refractivity (Wildman–Crippen MR) is 76.6 cm³/mol. The van der Waals surface area contributed by atoms with Gasteiger partial charge in [0.15, 0.2) is 11.5 Å². The maximum atomic E-state index is 11.6. The van der Waals surface area contributed by atoms with Gasteiger partial charge in [-0.2, -0.15) is 0 Å². The Bertz CT molecular complexity index is 938. The van der Waals surface area contributed by atoms with Gasteiger partial charge in [0.1, 0.15) is 5.69 Å². The third-order valence-corrected chi connectivity index (χ3v) is 3.30. The normalized spacial score (nSPS) is 11.2. The second-order valence-corrected chi connectivity index (χ2v) is 4.59. The van der Waals surface area contributed by atoms with E-state index in [1.807, 2.05) is 36.4 Å². The lowest BCUT2D eigenvalue weighted by atomic mass is 10.1. The summed E-state index contributed by atoms with van der Waals surface area (Å²) in [5.74, 6) is 0.566. The van der Waals surface area contributed by atoms with E-state index in [1.165, 1.54) is 5.39 Å². The van der Waals surface area contributed by atoms with Crippen LogP contribution in [-0.2, 0) is 0 Å². The number of H-pyrrole nitrogens is 2. The zero-order valence-electron chi connectivity index (χ0n) is 10.4. The number of nitrogens with one attached hydrogen (secondary N) is 2. The first-order valence-electron chi connectivity index (χ1n) is 6.24. The van der Waals surface area contributed by atoms with Crippen LogP contribution in [0.2, 0.25) is 0 Å². The van der Waals surface area contributed by atoms with Crippen molar-refractivity contribution in [1.29, 1.82) is 0 Å². The molecule has 4 rings (SSSR count). The fourth-order valence-corrected chi connectivity index (χ4v) is 2.31. The van der Waals surface area contributed by atoms with Crippen molar-refractivity contribution in [3.8, 4) is 22.8 Å². The van der Waals surface area contributed by atoms with E-state index >= 15 is 0 Å². The average Bonchev–Trinajstić information content (AvgIpc) is 2.92. The molecule has 0 fully saturated rings. The van der Waals surface area contributed by atoms with Gasteiger partial charge in [-0.05, 0) is 16.8 Å². The van der Waals surface area contributed by atoms with Crippen molar-refractivity contribution in [2.45, 2.75) is 0 Å². The molecule has 5 nitrogen and oxygen atoms in total. The van der Waals surface area contributed by atoms with E-state index in [4.69, 9.17) is 0 Å². The van der Waals surface area contributed by atoms with E-state index in [-0.39, 0.29) is 5.56 Å². The van der Waals surface area contributed by atoms with Gasteiger partial charge in [-0.25, -0.2) is 9.97 Å². The number of aromatic amines is 2. The van der Waals surface area contributed by atoms with Crippen molar-refractivity contribution < 1.29 is 0 Å². The number of benzene rings is 2. The van der Waals surface area contributed by atoms with E-state index in [0.717, 1.165) is 10.9 Å². The molecule has 0 bridgehead atoms. The van der Waals surface area contributed by atoms with E-state index in [2.05, 4.69) is 26.2 Å². The van der Waals surface area contributed by atoms with Gasteiger partial charge in [-0.15, -0.1) is 0 Å². The van der Waals surface area contributed by atoms with Gasteiger partial charge < -0.3 is 5.10 Å². The van der Waals surface area contributed by atoms with Crippen molar-refractivity contribution in [2.75, 3.05) is 0 Å². The molecule has 0 aliphatic carbocycles. The molecule has 0 unspecified atom stereocenters. The lowest BCUT2D eigenvalue weighted by Crippen LogP contribution is -2.10. The summed E-state index contributed by atoms with van der Waals surface area (Å²) in [4.78, 5) is 20.3. The molecule has 2 aromatic carbocycles. The summed E-state index contributed by atoms with van der Waals surface area (Å²) in [5.41, 5.74) is 1.56. The molecule has 96 valence electrons. The topological polar surface area (TPSA) is 74.4 Å². The van der Waals surface area contributed by atoms with Crippen LogP contribution in [0.15, 0.2) is 53.5 Å². The smallest absolute Gasteiger partial charge is 0.290 e. The van der Waals surface area contributed by atoms with Gasteiger partial charge in [0.25, 0.3) is 5.56 Å². The molecule has 5 heteroatoms. The van der Waals surface area contributed by atoms with E-state index < -0.39 is 0 Å². The summed E-state index contributed by atoms with van der Waals surface area (Å²) in [5, 5.41) is 7.43. The Morgan fingerprint density at radius 2 is 1.80 bits per heavy atom. The van der Waals surface area contributed by atoms with Crippen LogP contribution in [0.4, 0.5) is 0 Å². The Balaban J connectivity index is 1.95. The number of hydrogen-bond donors (Lipinski definition) is 2. The Labute approximate surface area is 113 Å². The quantitative estimate of drug-likeness (QED) is 0.553. The molecule has 0 saturated heterocycles. The summed E-state index contributed by atoms with van der Waals surface area (Å²) in [7, 11) is 0. The number of imidazole rings is 1. The van der Waals surface area contributed by atoms with Crippen LogP contribution < -0.4 is 5.56 Å². The van der Waals surface area contributed by atoms with Gasteiger partial charge in [0.2, 0.25) is 0 Å². The molecule has 0 amide bonds. The first kappa shape index (κ1) is 10.9. The van der Waals surface area contributed by atoms with E-state index in [0.29, 0.717) is 17.2 Å². The number of nitrogens with zero attached hydrogens (tertiary/aromatic N) is 2. The third kappa shape index (κ3) is 1.60. The van der Waals surface area contributed by atoms with E-state index in [9.17, 15) is 4.79 Å². The Morgan fingerprint density at radius 3 is 2.65 bits per heavy atom. The predicted octanol–water partition coefficient (Wildman–Crippen LogP) is 2.42. The van der Waals surface area contributed by atoms with Crippen LogP contribution in [0.5, 0.6) is 0 Å². The molecule has 2 N–H and O–H groups in total. The summed E-state index contributed by atoms with van der Waals surface area (Å²) >= 11 is 0. The number of aromatic nitrogens is 4. The molecular weight excluding hydrogens is 252 g/mol. The highest BCUT2D eigenvalue weighted by Crippen LogP contribution is 2.25. The first-order valence-corrected chi connectivity index (χ1v) is 6.24. The molecule has 0 spiro atoms. The molecule has 2 aliphatic heterocycles. The van der Waals surface area contributed by atoms with Gasteiger partial charge in [0, 0.05) is 11.8 Å². The van der Waals surface area contributed by atoms with Gasteiger partial charge in [-0.1, -0.05) is 36.4 Å². The van der Waals surface area contributed by atoms with Crippen LogP contribution in [0.1, 0.15) is 0 Å². The maximum absolute atomic E-state index is 11.6. The Morgan fingerprint density at radius 1 is 0.950 bits per heavy atom. The molecule has 20 heavy (non-hydrogen) atoms. The molecule has 0 saturated carbocycles. The first-order chi connectivity index (χ1) is 9.81. The largest absolute Gasteiger partial charge is 0.303 e. The van der Waals surface area contributed by atoms with Crippen LogP contribution in [-0.4, -0.2) is 20.2 Å². The number of rotatable bonds is 1. The fourth-order valence-electron chi connectivity index (χ4n) is 2.31. The monoisotopic (exact) mass is 262 g/mol. The van der Waals surface area contributed by atoms with Crippen molar-refractivity contribution >= 4 is 10.8 Å².